The lowest BCUT2D eigenvalue weighted by molar-refractivity contribution is -0.117. The molecule has 2 amide bonds. The maximum Gasteiger partial charge on any atom is 0.307 e. The van der Waals surface area contributed by atoms with Crippen LogP contribution in [0.3, 0.4) is 0 Å². The molecule has 0 saturated heterocycles. The van der Waals surface area contributed by atoms with Crippen molar-refractivity contribution in [1.82, 2.24) is 5.43 Å². The van der Waals surface area contributed by atoms with E-state index in [1.165, 1.54) is 0 Å². The average molecular weight is 390 g/mol. The highest BCUT2D eigenvalue weighted by Crippen LogP contribution is 2.30. The van der Waals surface area contributed by atoms with Crippen LogP contribution in [0.25, 0.3) is 0 Å². The molecule has 1 aromatic heterocycles. The highest BCUT2D eigenvalue weighted by molar-refractivity contribution is 9.10. The Balaban J connectivity index is 1.60. The second-order valence-corrected chi connectivity index (χ2v) is 6.36. The topological polar surface area (TPSA) is 83.7 Å². The Morgan fingerprint density at radius 2 is 1.88 bits per heavy atom. The Bertz CT molecular complexity index is 792. The predicted octanol–water partition coefficient (Wildman–Crippen LogP) is 3.54. The maximum atomic E-state index is 11.9. The third-order valence-electron chi connectivity index (χ3n) is 3.64. The van der Waals surface area contributed by atoms with E-state index >= 15 is 0 Å². The van der Waals surface area contributed by atoms with Crippen molar-refractivity contribution >= 4 is 39.1 Å². The Hall–Kier alpha value is -2.41. The largest absolute Gasteiger partial charge is 0.444 e. The van der Waals surface area contributed by atoms with E-state index < -0.39 is 5.91 Å². The number of carbonyl (C=O) groups excluding carboxylic acids is 2. The van der Waals surface area contributed by atoms with E-state index in [1.54, 1.807) is 19.1 Å². The predicted molar refractivity (Wildman–Crippen MR) is 93.9 cm³/mol. The summed E-state index contributed by atoms with van der Waals surface area (Å²) in [6.07, 6.45) is 1.95. The number of furan rings is 1. The van der Waals surface area contributed by atoms with Crippen molar-refractivity contribution in [3.8, 4) is 0 Å². The minimum absolute atomic E-state index is 0.0741. The number of amides is 2. The van der Waals surface area contributed by atoms with E-state index in [-0.39, 0.29) is 17.6 Å². The standard InChI is InChI=1S/C17H16BrN3O3/c1-10(20-21-17(23)14-8-9-15(18)24-14)11-4-6-13(7-5-11)19-16(22)12-2-3-12/h4-9,12H,2-3H2,1H3,(H,19,22)(H,21,23)/b20-10+. The molecular formula is C17H16BrN3O3. The van der Waals surface area contributed by atoms with Gasteiger partial charge >= 0.3 is 5.91 Å². The van der Waals surface area contributed by atoms with Crippen LogP contribution in [0.1, 0.15) is 35.9 Å². The monoisotopic (exact) mass is 389 g/mol. The van der Waals surface area contributed by atoms with Gasteiger partial charge in [-0.25, -0.2) is 5.43 Å². The van der Waals surface area contributed by atoms with E-state index in [0.717, 1.165) is 24.1 Å². The number of hydrazone groups is 1. The van der Waals surface area contributed by atoms with Gasteiger partial charge < -0.3 is 9.73 Å². The highest BCUT2D eigenvalue weighted by atomic mass is 79.9. The molecule has 1 aliphatic carbocycles. The Morgan fingerprint density at radius 3 is 2.46 bits per heavy atom. The number of hydrogen-bond acceptors (Lipinski definition) is 4. The zero-order valence-electron chi connectivity index (χ0n) is 13.0. The molecule has 0 unspecified atom stereocenters. The minimum atomic E-state index is -0.423. The van der Waals surface area contributed by atoms with Crippen LogP contribution in [0.4, 0.5) is 5.69 Å². The fourth-order valence-electron chi connectivity index (χ4n) is 2.08. The van der Waals surface area contributed by atoms with Crippen LogP contribution >= 0.6 is 15.9 Å². The summed E-state index contributed by atoms with van der Waals surface area (Å²) in [5.41, 5.74) is 4.70. The summed E-state index contributed by atoms with van der Waals surface area (Å²) < 4.78 is 5.64. The molecule has 3 rings (SSSR count). The quantitative estimate of drug-likeness (QED) is 0.605. The Kier molecular flexibility index (Phi) is 4.80. The number of nitrogens with zero attached hydrogens (tertiary/aromatic N) is 1. The molecular weight excluding hydrogens is 374 g/mol. The van der Waals surface area contributed by atoms with Crippen molar-refractivity contribution in [1.29, 1.82) is 0 Å². The molecule has 1 heterocycles. The summed E-state index contributed by atoms with van der Waals surface area (Å²) in [5, 5.41) is 6.94. The second kappa shape index (κ2) is 7.00. The van der Waals surface area contributed by atoms with E-state index in [0.29, 0.717) is 10.4 Å². The van der Waals surface area contributed by atoms with Gasteiger partial charge in [0.2, 0.25) is 5.91 Å². The van der Waals surface area contributed by atoms with Gasteiger partial charge in [0.15, 0.2) is 10.4 Å². The summed E-state index contributed by atoms with van der Waals surface area (Å²) in [6.45, 7) is 1.79. The van der Waals surface area contributed by atoms with Crippen LogP contribution in [0.15, 0.2) is 50.6 Å². The molecule has 6 nitrogen and oxygen atoms in total. The van der Waals surface area contributed by atoms with Crippen molar-refractivity contribution in [2.24, 2.45) is 11.0 Å². The zero-order chi connectivity index (χ0) is 17.1. The molecule has 7 heteroatoms. The number of nitrogens with one attached hydrogen (secondary N) is 2. The summed E-state index contributed by atoms with van der Waals surface area (Å²) in [5.74, 6) is -0.000218. The molecule has 2 N–H and O–H groups in total. The van der Waals surface area contributed by atoms with E-state index in [1.807, 2.05) is 24.3 Å². The van der Waals surface area contributed by atoms with E-state index in [9.17, 15) is 9.59 Å². The molecule has 0 atom stereocenters. The van der Waals surface area contributed by atoms with Crippen molar-refractivity contribution in [3.05, 3.63) is 52.4 Å². The van der Waals surface area contributed by atoms with Gasteiger partial charge in [0.1, 0.15) is 0 Å². The first-order chi connectivity index (χ1) is 11.5. The molecule has 0 bridgehead atoms. The summed E-state index contributed by atoms with van der Waals surface area (Å²) in [7, 11) is 0. The number of rotatable bonds is 5. The van der Waals surface area contributed by atoms with Crippen molar-refractivity contribution in [2.45, 2.75) is 19.8 Å². The molecule has 0 radical (unpaired) electrons. The molecule has 1 aliphatic rings. The average Bonchev–Trinajstić information content (AvgIpc) is 3.34. The van der Waals surface area contributed by atoms with Gasteiger partial charge in [-0.3, -0.25) is 9.59 Å². The first-order valence-electron chi connectivity index (χ1n) is 7.54. The Morgan fingerprint density at radius 1 is 1.17 bits per heavy atom. The number of hydrogen-bond donors (Lipinski definition) is 2. The first-order valence-corrected chi connectivity index (χ1v) is 8.33. The summed E-state index contributed by atoms with van der Waals surface area (Å²) >= 11 is 3.14. The van der Waals surface area contributed by atoms with Crippen LogP contribution in [0.2, 0.25) is 0 Å². The third-order valence-corrected chi connectivity index (χ3v) is 4.07. The smallest absolute Gasteiger partial charge is 0.307 e. The van der Waals surface area contributed by atoms with Gasteiger partial charge in [0.25, 0.3) is 0 Å². The van der Waals surface area contributed by atoms with Gasteiger partial charge in [-0.1, -0.05) is 12.1 Å². The van der Waals surface area contributed by atoms with Crippen LogP contribution in [0.5, 0.6) is 0 Å². The lowest BCUT2D eigenvalue weighted by atomic mass is 10.1. The van der Waals surface area contributed by atoms with Crippen LogP contribution < -0.4 is 10.7 Å². The van der Waals surface area contributed by atoms with Crippen molar-refractivity contribution in [3.63, 3.8) is 0 Å². The Labute approximate surface area is 147 Å². The molecule has 1 fully saturated rings. The molecule has 1 saturated carbocycles. The molecule has 2 aromatic rings. The lowest BCUT2D eigenvalue weighted by Gasteiger charge is -2.06. The molecule has 0 aliphatic heterocycles. The van der Waals surface area contributed by atoms with Crippen LogP contribution in [-0.4, -0.2) is 17.5 Å². The lowest BCUT2D eigenvalue weighted by Crippen LogP contribution is -2.18. The second-order valence-electron chi connectivity index (χ2n) is 5.58. The van der Waals surface area contributed by atoms with Crippen LogP contribution in [0, 0.1) is 5.92 Å². The van der Waals surface area contributed by atoms with Crippen LogP contribution in [-0.2, 0) is 4.79 Å². The van der Waals surface area contributed by atoms with Gasteiger partial charge in [-0.15, -0.1) is 0 Å². The number of benzene rings is 1. The van der Waals surface area contributed by atoms with Crippen molar-refractivity contribution < 1.29 is 14.0 Å². The third kappa shape index (κ3) is 4.11. The number of halogens is 1. The minimum Gasteiger partial charge on any atom is -0.444 e. The fourth-order valence-corrected chi connectivity index (χ4v) is 2.38. The van der Waals surface area contributed by atoms with Crippen molar-refractivity contribution in [2.75, 3.05) is 5.32 Å². The van der Waals surface area contributed by atoms with Gasteiger partial charge in [0.05, 0.1) is 5.71 Å². The molecule has 124 valence electrons. The van der Waals surface area contributed by atoms with E-state index in [4.69, 9.17) is 4.42 Å². The molecule has 1 aromatic carbocycles. The van der Waals surface area contributed by atoms with Gasteiger partial charge in [-0.05, 0) is 65.5 Å². The molecule has 24 heavy (non-hydrogen) atoms. The highest BCUT2D eigenvalue weighted by Gasteiger charge is 2.29. The summed E-state index contributed by atoms with van der Waals surface area (Å²) in [4.78, 5) is 23.6. The van der Waals surface area contributed by atoms with E-state index in [2.05, 4.69) is 31.8 Å². The normalized spacial score (nSPS) is 14.3. The number of anilines is 1. The van der Waals surface area contributed by atoms with Gasteiger partial charge in [0, 0.05) is 11.6 Å². The SMILES string of the molecule is C/C(=N\NC(=O)c1ccc(Br)o1)c1ccc(NC(=O)C2CC2)cc1. The number of carbonyl (C=O) groups is 2. The van der Waals surface area contributed by atoms with Gasteiger partial charge in [-0.2, -0.15) is 5.10 Å². The zero-order valence-corrected chi connectivity index (χ0v) is 14.6. The molecule has 0 spiro atoms. The first kappa shape index (κ1) is 16.4. The summed E-state index contributed by atoms with van der Waals surface area (Å²) in [6, 6.07) is 10.5. The fraction of sp³-hybridized carbons (Fsp3) is 0.235. The maximum absolute atomic E-state index is 11.9.